The Kier molecular flexibility index (Phi) is 5.22. The molecule has 0 radical (unpaired) electrons. The van der Waals surface area contributed by atoms with Crippen LogP contribution in [0.25, 0.3) is 0 Å². The van der Waals surface area contributed by atoms with Crippen LogP contribution in [0.4, 0.5) is 0 Å². The summed E-state index contributed by atoms with van der Waals surface area (Å²) in [5.74, 6) is 2.14. The number of hydrogen-bond acceptors (Lipinski definition) is 4. The molecule has 1 aliphatic heterocycles. The monoisotopic (exact) mass is 298 g/mol. The maximum absolute atomic E-state index is 6.06. The smallest absolute Gasteiger partial charge is 0.160 e. The lowest BCUT2D eigenvalue weighted by molar-refractivity contribution is -0.0724. The fourth-order valence-electron chi connectivity index (χ4n) is 2.51. The summed E-state index contributed by atoms with van der Waals surface area (Å²) >= 11 is 5.99. The van der Waals surface area contributed by atoms with Gasteiger partial charge in [-0.3, -0.25) is 0 Å². The molecule has 0 saturated carbocycles. The van der Waals surface area contributed by atoms with Gasteiger partial charge in [-0.05, 0) is 13.8 Å². The Morgan fingerprint density at radius 2 is 2.00 bits per heavy atom. The number of rotatable bonds is 4. The molecule has 1 aliphatic rings. The minimum absolute atomic E-state index is 0.143. The zero-order valence-corrected chi connectivity index (χ0v) is 13.4. The van der Waals surface area contributed by atoms with Crippen molar-refractivity contribution in [2.45, 2.75) is 70.6 Å². The molecule has 1 fully saturated rings. The summed E-state index contributed by atoms with van der Waals surface area (Å²) in [6, 6.07) is 0. The molecule has 20 heavy (non-hydrogen) atoms. The number of hydrogen-bond donors (Lipinski definition) is 0. The molecule has 1 saturated heterocycles. The third kappa shape index (κ3) is 3.83. The molecule has 5 heteroatoms. The molecule has 2 unspecified atom stereocenters. The van der Waals surface area contributed by atoms with E-state index < -0.39 is 0 Å². The highest BCUT2D eigenvalue weighted by atomic mass is 35.5. The van der Waals surface area contributed by atoms with Crippen LogP contribution in [0.5, 0.6) is 5.75 Å². The molecule has 2 heterocycles. The van der Waals surface area contributed by atoms with Crippen LogP contribution in [-0.4, -0.2) is 28.3 Å². The summed E-state index contributed by atoms with van der Waals surface area (Å²) in [6.07, 6.45) is 4.11. The first kappa shape index (κ1) is 15.5. The summed E-state index contributed by atoms with van der Waals surface area (Å²) < 4.78 is 11.8. The molecule has 0 spiro atoms. The lowest BCUT2D eigenvalue weighted by Gasteiger charge is -2.32. The van der Waals surface area contributed by atoms with E-state index in [0.717, 1.165) is 24.4 Å². The van der Waals surface area contributed by atoms with Gasteiger partial charge in [0.25, 0.3) is 0 Å². The molecule has 0 aliphatic carbocycles. The van der Waals surface area contributed by atoms with Gasteiger partial charge in [-0.2, -0.15) is 0 Å². The highest BCUT2D eigenvalue weighted by Gasteiger charge is 2.26. The Morgan fingerprint density at radius 3 is 2.55 bits per heavy atom. The lowest BCUT2D eigenvalue weighted by atomic mass is 10.0. The summed E-state index contributed by atoms with van der Waals surface area (Å²) in [7, 11) is 0. The molecule has 0 amide bonds. The summed E-state index contributed by atoms with van der Waals surface area (Å²) in [5.41, 5.74) is 0.775. The van der Waals surface area contributed by atoms with Gasteiger partial charge in [-0.1, -0.05) is 13.8 Å². The van der Waals surface area contributed by atoms with Crippen LogP contribution in [0.2, 0.25) is 0 Å². The average molecular weight is 299 g/mol. The van der Waals surface area contributed by atoms with Crippen molar-refractivity contribution >= 4 is 11.6 Å². The second kappa shape index (κ2) is 6.72. The molecular formula is C15H23ClN2O2. The van der Waals surface area contributed by atoms with Crippen molar-refractivity contribution in [3.05, 3.63) is 17.7 Å². The van der Waals surface area contributed by atoms with Crippen LogP contribution >= 0.6 is 11.6 Å². The van der Waals surface area contributed by atoms with E-state index in [0.29, 0.717) is 11.6 Å². The number of ether oxygens (including phenoxy) is 2. The van der Waals surface area contributed by atoms with Gasteiger partial charge >= 0.3 is 0 Å². The first-order valence-electron chi connectivity index (χ1n) is 7.23. The highest BCUT2D eigenvalue weighted by molar-refractivity contribution is 6.17. The number of halogens is 1. The topological polar surface area (TPSA) is 44.2 Å². The Labute approximate surface area is 125 Å². The fourth-order valence-corrected chi connectivity index (χ4v) is 2.71. The van der Waals surface area contributed by atoms with Crippen LogP contribution in [0.1, 0.15) is 58.0 Å². The normalized spacial score (nSPS) is 26.8. The molecule has 2 rings (SSSR count). The maximum Gasteiger partial charge on any atom is 0.160 e. The zero-order valence-electron chi connectivity index (χ0n) is 12.6. The second-order valence-electron chi connectivity index (χ2n) is 5.80. The van der Waals surface area contributed by atoms with E-state index in [2.05, 4.69) is 37.7 Å². The van der Waals surface area contributed by atoms with Crippen LogP contribution < -0.4 is 4.74 Å². The van der Waals surface area contributed by atoms with Crippen molar-refractivity contribution in [3.63, 3.8) is 0 Å². The highest BCUT2D eigenvalue weighted by Crippen LogP contribution is 2.27. The van der Waals surface area contributed by atoms with Crippen molar-refractivity contribution in [2.75, 3.05) is 0 Å². The molecule has 112 valence electrons. The van der Waals surface area contributed by atoms with Crippen molar-refractivity contribution in [1.82, 2.24) is 9.97 Å². The first-order chi connectivity index (χ1) is 9.49. The summed E-state index contributed by atoms with van der Waals surface area (Å²) in [6.45, 7) is 8.28. The van der Waals surface area contributed by atoms with Crippen molar-refractivity contribution in [3.8, 4) is 5.75 Å². The predicted octanol–water partition coefficient (Wildman–Crippen LogP) is 3.67. The summed E-state index contributed by atoms with van der Waals surface area (Å²) in [5, 5.41) is 0. The third-order valence-electron chi connectivity index (χ3n) is 3.44. The fraction of sp³-hybridized carbons (Fsp3) is 0.733. The Hall–Kier alpha value is -0.870. The SMILES string of the molecule is CC1CC(Oc2cnc(C(C)C)nc2CCl)CC(C)O1. The first-order valence-corrected chi connectivity index (χ1v) is 7.77. The Balaban J connectivity index is 2.12. The molecule has 0 aromatic carbocycles. The van der Waals surface area contributed by atoms with E-state index in [1.54, 1.807) is 6.20 Å². The van der Waals surface area contributed by atoms with Crippen molar-refractivity contribution in [2.24, 2.45) is 0 Å². The Morgan fingerprint density at radius 1 is 1.35 bits per heavy atom. The molecule has 2 atom stereocenters. The number of alkyl halides is 1. The second-order valence-corrected chi connectivity index (χ2v) is 6.06. The number of aromatic nitrogens is 2. The van der Waals surface area contributed by atoms with Crippen molar-refractivity contribution < 1.29 is 9.47 Å². The predicted molar refractivity (Wildman–Crippen MR) is 79.3 cm³/mol. The van der Waals surface area contributed by atoms with Gasteiger partial charge in [0.05, 0.1) is 24.3 Å². The van der Waals surface area contributed by atoms with E-state index in [1.807, 2.05) is 0 Å². The summed E-state index contributed by atoms with van der Waals surface area (Å²) in [4.78, 5) is 8.86. The number of nitrogens with zero attached hydrogens (tertiary/aromatic N) is 2. The minimum Gasteiger partial charge on any atom is -0.487 e. The Bertz CT molecular complexity index is 443. The molecule has 1 aromatic rings. The van der Waals surface area contributed by atoms with E-state index in [1.165, 1.54) is 0 Å². The van der Waals surface area contributed by atoms with Crippen molar-refractivity contribution in [1.29, 1.82) is 0 Å². The van der Waals surface area contributed by atoms with Gasteiger partial charge in [0.15, 0.2) is 5.75 Å². The quantitative estimate of drug-likeness (QED) is 0.796. The van der Waals surface area contributed by atoms with E-state index in [9.17, 15) is 0 Å². The van der Waals surface area contributed by atoms with Gasteiger partial charge in [0.2, 0.25) is 0 Å². The van der Waals surface area contributed by atoms with E-state index in [-0.39, 0.29) is 24.2 Å². The molecule has 0 bridgehead atoms. The van der Waals surface area contributed by atoms with Crippen LogP contribution in [0, 0.1) is 0 Å². The molecule has 0 N–H and O–H groups in total. The zero-order chi connectivity index (χ0) is 14.7. The van der Waals surface area contributed by atoms with Gasteiger partial charge < -0.3 is 9.47 Å². The maximum atomic E-state index is 6.06. The van der Waals surface area contributed by atoms with Gasteiger partial charge in [-0.25, -0.2) is 9.97 Å². The van der Waals surface area contributed by atoms with Crippen LogP contribution in [0.15, 0.2) is 6.20 Å². The average Bonchev–Trinajstić information content (AvgIpc) is 2.37. The van der Waals surface area contributed by atoms with Gasteiger partial charge in [0.1, 0.15) is 17.6 Å². The largest absolute Gasteiger partial charge is 0.487 e. The molecule has 1 aromatic heterocycles. The lowest BCUT2D eigenvalue weighted by Crippen LogP contribution is -2.36. The molecule has 4 nitrogen and oxygen atoms in total. The van der Waals surface area contributed by atoms with Gasteiger partial charge in [0, 0.05) is 18.8 Å². The third-order valence-corrected chi connectivity index (χ3v) is 3.69. The molecular weight excluding hydrogens is 276 g/mol. The van der Waals surface area contributed by atoms with Gasteiger partial charge in [-0.15, -0.1) is 11.6 Å². The van der Waals surface area contributed by atoms with E-state index in [4.69, 9.17) is 21.1 Å². The van der Waals surface area contributed by atoms with Crippen LogP contribution in [-0.2, 0) is 10.6 Å². The standard InChI is InChI=1S/C15H23ClN2O2/c1-9(2)15-17-8-14(13(7-16)18-15)20-12-5-10(3)19-11(4)6-12/h8-12H,5-7H2,1-4H3. The van der Waals surface area contributed by atoms with E-state index >= 15 is 0 Å². The minimum atomic E-state index is 0.143. The van der Waals surface area contributed by atoms with Crippen LogP contribution in [0.3, 0.4) is 0 Å².